The predicted molar refractivity (Wildman–Crippen MR) is 74.9 cm³/mol. The van der Waals surface area contributed by atoms with Crippen LogP contribution in [0.2, 0.25) is 0 Å². The fourth-order valence-corrected chi connectivity index (χ4v) is 2.06. The molecule has 1 N–H and O–H groups in total. The fourth-order valence-electron chi connectivity index (χ4n) is 1.44. The van der Waals surface area contributed by atoms with E-state index in [2.05, 4.69) is 10.4 Å². The molecule has 0 radical (unpaired) electrons. The number of hydrogen-bond donors (Lipinski definition) is 1. The summed E-state index contributed by atoms with van der Waals surface area (Å²) >= 11 is 1.57. The maximum Gasteiger partial charge on any atom is 0.266 e. The molecule has 98 valence electrons. The second-order valence-corrected chi connectivity index (χ2v) is 4.70. The van der Waals surface area contributed by atoms with E-state index in [0.717, 1.165) is 4.88 Å². The first-order valence-corrected chi connectivity index (χ1v) is 6.65. The quantitative estimate of drug-likeness (QED) is 0.832. The zero-order valence-electron chi connectivity index (χ0n) is 10.2. The lowest BCUT2D eigenvalue weighted by Gasteiger charge is -2.03. The summed E-state index contributed by atoms with van der Waals surface area (Å²) in [7, 11) is 0. The van der Waals surface area contributed by atoms with Crippen molar-refractivity contribution in [2.24, 2.45) is 0 Å². The van der Waals surface area contributed by atoms with Gasteiger partial charge < -0.3 is 5.32 Å². The predicted octanol–water partition coefficient (Wildman–Crippen LogP) is 1.13. The van der Waals surface area contributed by atoms with Crippen LogP contribution in [-0.2, 0) is 11.3 Å². The summed E-state index contributed by atoms with van der Waals surface area (Å²) in [5, 5.41) is 8.55. The molecule has 0 aliphatic rings. The molecule has 0 bridgehead atoms. The van der Waals surface area contributed by atoms with Crippen molar-refractivity contribution in [1.82, 2.24) is 15.1 Å². The Kier molecular flexibility index (Phi) is 4.63. The molecule has 5 nitrogen and oxygen atoms in total. The third kappa shape index (κ3) is 4.18. The molecule has 0 aliphatic heterocycles. The number of hydrogen-bond acceptors (Lipinski definition) is 4. The minimum atomic E-state index is -0.183. The van der Waals surface area contributed by atoms with Gasteiger partial charge in [-0.25, -0.2) is 4.68 Å². The molecule has 0 saturated carbocycles. The summed E-state index contributed by atoms with van der Waals surface area (Å²) in [6.45, 7) is 0.725. The standard InChI is InChI=1S/C13H13N3O2S/c17-12(6-5-11-3-2-10-19-11)14-8-9-16-13(18)4-1-7-15-16/h1-7,10H,8-9H2,(H,14,17)/b6-5+. The van der Waals surface area contributed by atoms with Crippen LogP contribution in [0.1, 0.15) is 4.88 Å². The van der Waals surface area contributed by atoms with E-state index >= 15 is 0 Å². The number of amides is 1. The molecule has 0 unspecified atom stereocenters. The highest BCUT2D eigenvalue weighted by Crippen LogP contribution is 2.09. The second kappa shape index (κ2) is 6.65. The first-order valence-electron chi connectivity index (χ1n) is 5.77. The average molecular weight is 275 g/mol. The molecule has 2 aromatic rings. The molecule has 2 heterocycles. The minimum Gasteiger partial charge on any atom is -0.351 e. The van der Waals surface area contributed by atoms with E-state index in [1.165, 1.54) is 16.8 Å². The maximum absolute atomic E-state index is 11.5. The van der Waals surface area contributed by atoms with Crippen LogP contribution in [0.25, 0.3) is 6.08 Å². The van der Waals surface area contributed by atoms with Gasteiger partial charge in [-0.15, -0.1) is 11.3 Å². The molecule has 19 heavy (non-hydrogen) atoms. The van der Waals surface area contributed by atoms with Crippen LogP contribution in [0.5, 0.6) is 0 Å². The number of nitrogens with one attached hydrogen (secondary N) is 1. The molecule has 2 rings (SSSR count). The molecule has 0 spiro atoms. The fraction of sp³-hybridized carbons (Fsp3) is 0.154. The Balaban J connectivity index is 1.78. The van der Waals surface area contributed by atoms with Crippen LogP contribution in [0.3, 0.4) is 0 Å². The lowest BCUT2D eigenvalue weighted by molar-refractivity contribution is -0.116. The number of carbonyl (C=O) groups excluding carboxylic acids is 1. The highest BCUT2D eigenvalue weighted by atomic mass is 32.1. The molecule has 2 aromatic heterocycles. The van der Waals surface area contributed by atoms with Gasteiger partial charge in [0, 0.05) is 29.8 Å². The largest absolute Gasteiger partial charge is 0.351 e. The van der Waals surface area contributed by atoms with Crippen molar-refractivity contribution in [1.29, 1.82) is 0 Å². The van der Waals surface area contributed by atoms with Gasteiger partial charge in [0.25, 0.3) is 5.56 Å². The third-order valence-corrected chi connectivity index (χ3v) is 3.19. The Hall–Kier alpha value is -2.21. The zero-order valence-corrected chi connectivity index (χ0v) is 11.0. The Morgan fingerprint density at radius 1 is 1.42 bits per heavy atom. The Labute approximate surface area is 114 Å². The van der Waals surface area contributed by atoms with Crippen molar-refractivity contribution in [3.8, 4) is 0 Å². The first-order chi connectivity index (χ1) is 9.25. The lowest BCUT2D eigenvalue weighted by atomic mass is 10.4. The van der Waals surface area contributed by atoms with Crippen molar-refractivity contribution in [3.63, 3.8) is 0 Å². The van der Waals surface area contributed by atoms with E-state index in [-0.39, 0.29) is 11.5 Å². The molecule has 0 atom stereocenters. The van der Waals surface area contributed by atoms with E-state index in [4.69, 9.17) is 0 Å². The number of rotatable bonds is 5. The van der Waals surface area contributed by atoms with E-state index in [1.807, 2.05) is 17.5 Å². The molecule has 6 heteroatoms. The molecular weight excluding hydrogens is 262 g/mol. The van der Waals surface area contributed by atoms with Crippen LogP contribution < -0.4 is 10.9 Å². The van der Waals surface area contributed by atoms with Crippen LogP contribution in [-0.4, -0.2) is 22.2 Å². The van der Waals surface area contributed by atoms with E-state index in [0.29, 0.717) is 13.1 Å². The Morgan fingerprint density at radius 2 is 2.32 bits per heavy atom. The molecule has 0 fully saturated rings. The summed E-state index contributed by atoms with van der Waals surface area (Å²) < 4.78 is 1.31. The lowest BCUT2D eigenvalue weighted by Crippen LogP contribution is -2.30. The maximum atomic E-state index is 11.5. The normalized spacial score (nSPS) is 10.7. The smallest absolute Gasteiger partial charge is 0.266 e. The summed E-state index contributed by atoms with van der Waals surface area (Å²) in [6, 6.07) is 6.88. The van der Waals surface area contributed by atoms with Gasteiger partial charge in [-0.2, -0.15) is 5.10 Å². The topological polar surface area (TPSA) is 64.0 Å². The zero-order chi connectivity index (χ0) is 13.5. The summed E-state index contributed by atoms with van der Waals surface area (Å²) in [5.74, 6) is -0.183. The molecule has 1 amide bonds. The monoisotopic (exact) mass is 275 g/mol. The van der Waals surface area contributed by atoms with Gasteiger partial charge in [-0.05, 0) is 23.6 Å². The van der Waals surface area contributed by atoms with Gasteiger partial charge in [0.2, 0.25) is 5.91 Å². The van der Waals surface area contributed by atoms with Gasteiger partial charge in [-0.1, -0.05) is 6.07 Å². The van der Waals surface area contributed by atoms with E-state index in [1.54, 1.807) is 29.7 Å². The number of aromatic nitrogens is 2. The van der Waals surface area contributed by atoms with Crippen molar-refractivity contribution in [3.05, 3.63) is 57.1 Å². The molecule has 0 saturated heterocycles. The minimum absolute atomic E-state index is 0.175. The average Bonchev–Trinajstić information content (AvgIpc) is 2.92. The number of thiophene rings is 1. The highest BCUT2D eigenvalue weighted by Gasteiger charge is 1.98. The van der Waals surface area contributed by atoms with Crippen LogP contribution in [0.15, 0.2) is 46.7 Å². The second-order valence-electron chi connectivity index (χ2n) is 3.72. The van der Waals surface area contributed by atoms with Crippen LogP contribution in [0, 0.1) is 0 Å². The van der Waals surface area contributed by atoms with Gasteiger partial charge in [0.15, 0.2) is 0 Å². The molecular formula is C13H13N3O2S. The van der Waals surface area contributed by atoms with E-state index < -0.39 is 0 Å². The third-order valence-electron chi connectivity index (χ3n) is 2.35. The summed E-state index contributed by atoms with van der Waals surface area (Å²) in [5.41, 5.74) is -0.175. The van der Waals surface area contributed by atoms with Crippen LogP contribution >= 0.6 is 11.3 Å². The van der Waals surface area contributed by atoms with Crippen molar-refractivity contribution < 1.29 is 4.79 Å². The SMILES string of the molecule is O=C(/C=C/c1cccs1)NCCn1ncccc1=O. The van der Waals surface area contributed by atoms with Crippen molar-refractivity contribution >= 4 is 23.3 Å². The Bertz CT molecular complexity index is 617. The Morgan fingerprint density at radius 3 is 3.05 bits per heavy atom. The highest BCUT2D eigenvalue weighted by molar-refractivity contribution is 7.10. The van der Waals surface area contributed by atoms with E-state index in [9.17, 15) is 9.59 Å². The van der Waals surface area contributed by atoms with Gasteiger partial charge in [-0.3, -0.25) is 9.59 Å². The molecule has 0 aromatic carbocycles. The van der Waals surface area contributed by atoms with Gasteiger partial charge in [0.1, 0.15) is 0 Å². The van der Waals surface area contributed by atoms with Crippen molar-refractivity contribution in [2.45, 2.75) is 6.54 Å². The summed E-state index contributed by atoms with van der Waals surface area (Å²) in [6.07, 6.45) is 4.78. The van der Waals surface area contributed by atoms with Gasteiger partial charge >= 0.3 is 0 Å². The van der Waals surface area contributed by atoms with Crippen molar-refractivity contribution in [2.75, 3.05) is 6.54 Å². The number of carbonyl (C=O) groups is 1. The van der Waals surface area contributed by atoms with Gasteiger partial charge in [0.05, 0.1) is 6.54 Å². The molecule has 0 aliphatic carbocycles. The first kappa shape index (κ1) is 13.2. The summed E-state index contributed by atoms with van der Waals surface area (Å²) in [4.78, 5) is 23.9. The van der Waals surface area contributed by atoms with Crippen LogP contribution in [0.4, 0.5) is 0 Å². The number of nitrogens with zero attached hydrogens (tertiary/aromatic N) is 2.